The van der Waals surface area contributed by atoms with Crippen LogP contribution in [0.3, 0.4) is 0 Å². The molecule has 4 aromatic heterocycles. The van der Waals surface area contributed by atoms with Crippen LogP contribution in [0.15, 0.2) is 68.2 Å². The Morgan fingerprint density at radius 2 is 1.05 bits per heavy atom. The summed E-state index contributed by atoms with van der Waals surface area (Å²) in [6.45, 7) is 2.61. The highest BCUT2D eigenvalue weighted by atomic mass is 16.6. The normalized spacial score (nSPS) is 25.0. The van der Waals surface area contributed by atoms with Gasteiger partial charge in [0.05, 0.1) is 51.9 Å². The summed E-state index contributed by atoms with van der Waals surface area (Å²) in [5.41, 5.74) is 0.636. The SMILES string of the molecule is Cc1cn([C@@H]2O[C@H](CO)[C@@H](O)[C@H]2OCc2cn(Cc3ccc(Cn4cc(CO[C@@H]5[C@H](O)[C@@H](CO)O[C@H]5n5cc(C)c(=O)[nH]c5=O)nn4)cc3)nn2)c(=O)[nH]c1=O. The van der Waals surface area contributed by atoms with E-state index in [4.69, 9.17) is 18.9 Å². The number of rotatable bonds is 14. The van der Waals surface area contributed by atoms with E-state index in [1.54, 1.807) is 21.8 Å². The molecule has 7 rings (SSSR count). The Labute approximate surface area is 315 Å². The minimum absolute atomic E-state index is 0.0890. The van der Waals surface area contributed by atoms with Crippen LogP contribution in [-0.4, -0.2) is 119 Å². The maximum atomic E-state index is 12.5. The molecule has 22 heteroatoms. The molecule has 2 fully saturated rings. The van der Waals surface area contributed by atoms with Gasteiger partial charge in [0.2, 0.25) is 0 Å². The van der Waals surface area contributed by atoms with Crippen LogP contribution in [0.1, 0.15) is 46.1 Å². The van der Waals surface area contributed by atoms with Gasteiger partial charge in [-0.25, -0.2) is 19.0 Å². The second-order valence-electron chi connectivity index (χ2n) is 13.6. The Bertz CT molecular complexity index is 2220. The lowest BCUT2D eigenvalue weighted by Crippen LogP contribution is -2.40. The minimum atomic E-state index is -1.27. The van der Waals surface area contributed by atoms with Gasteiger partial charge in [0.15, 0.2) is 12.5 Å². The van der Waals surface area contributed by atoms with Gasteiger partial charge in [-0.15, -0.1) is 10.2 Å². The largest absolute Gasteiger partial charge is 0.394 e. The summed E-state index contributed by atoms with van der Waals surface area (Å²) in [4.78, 5) is 53.1. The minimum Gasteiger partial charge on any atom is -0.394 e. The highest BCUT2D eigenvalue weighted by Crippen LogP contribution is 2.32. The third kappa shape index (κ3) is 8.08. The van der Waals surface area contributed by atoms with Crippen LogP contribution >= 0.6 is 0 Å². The average molecular weight is 781 g/mol. The molecule has 0 saturated carbocycles. The number of aromatic nitrogens is 10. The summed E-state index contributed by atoms with van der Waals surface area (Å²) >= 11 is 0. The fraction of sp³-hybridized carbons (Fsp3) is 0.471. The highest BCUT2D eigenvalue weighted by molar-refractivity contribution is 5.23. The van der Waals surface area contributed by atoms with Crippen molar-refractivity contribution >= 4 is 0 Å². The predicted molar refractivity (Wildman–Crippen MR) is 188 cm³/mol. The zero-order valence-corrected chi connectivity index (χ0v) is 30.1. The van der Waals surface area contributed by atoms with Gasteiger partial charge in [-0.2, -0.15) is 0 Å². The summed E-state index contributed by atoms with van der Waals surface area (Å²) < 4.78 is 28.7. The lowest BCUT2D eigenvalue weighted by Gasteiger charge is -2.22. The molecule has 1 aromatic carbocycles. The number of ether oxygens (including phenoxy) is 4. The first-order chi connectivity index (χ1) is 26.9. The number of nitrogens with zero attached hydrogens (tertiary/aromatic N) is 8. The van der Waals surface area contributed by atoms with Crippen molar-refractivity contribution in [2.45, 2.75) is 89.2 Å². The second-order valence-corrected chi connectivity index (χ2v) is 13.6. The van der Waals surface area contributed by atoms with E-state index in [1.165, 1.54) is 26.2 Å². The highest BCUT2D eigenvalue weighted by Gasteiger charge is 2.47. The molecule has 5 aromatic rings. The van der Waals surface area contributed by atoms with Crippen LogP contribution < -0.4 is 22.5 Å². The molecule has 0 spiro atoms. The molecule has 8 atom stereocenters. The van der Waals surface area contributed by atoms with Gasteiger partial charge in [-0.1, -0.05) is 34.7 Å². The molecule has 6 heterocycles. The van der Waals surface area contributed by atoms with Gasteiger partial charge in [0, 0.05) is 23.5 Å². The Balaban J connectivity index is 0.931. The van der Waals surface area contributed by atoms with Crippen LogP contribution in [0.4, 0.5) is 0 Å². The van der Waals surface area contributed by atoms with Crippen LogP contribution in [0.2, 0.25) is 0 Å². The molecule has 2 saturated heterocycles. The van der Waals surface area contributed by atoms with Crippen molar-refractivity contribution in [1.82, 2.24) is 49.1 Å². The topological polar surface area (TPSA) is 289 Å². The Hall–Kier alpha value is -5.46. The molecule has 0 unspecified atom stereocenters. The van der Waals surface area contributed by atoms with E-state index in [0.717, 1.165) is 20.3 Å². The van der Waals surface area contributed by atoms with E-state index in [0.29, 0.717) is 24.5 Å². The van der Waals surface area contributed by atoms with Gasteiger partial charge >= 0.3 is 11.4 Å². The van der Waals surface area contributed by atoms with E-state index < -0.39 is 84.8 Å². The molecular weight excluding hydrogens is 740 g/mol. The molecule has 2 aliphatic rings. The Morgan fingerprint density at radius 3 is 1.43 bits per heavy atom. The molecule has 0 aliphatic carbocycles. The summed E-state index contributed by atoms with van der Waals surface area (Å²) in [5.74, 6) is 0. The molecule has 298 valence electrons. The van der Waals surface area contributed by atoms with Crippen LogP contribution in [0.5, 0.6) is 0 Å². The van der Waals surface area contributed by atoms with Gasteiger partial charge in [0.1, 0.15) is 48.0 Å². The van der Waals surface area contributed by atoms with Crippen molar-refractivity contribution < 1.29 is 39.4 Å². The van der Waals surface area contributed by atoms with Crippen molar-refractivity contribution in [1.29, 1.82) is 0 Å². The van der Waals surface area contributed by atoms with Gasteiger partial charge in [0.25, 0.3) is 11.1 Å². The monoisotopic (exact) mass is 780 g/mol. The maximum Gasteiger partial charge on any atom is 0.330 e. The van der Waals surface area contributed by atoms with Gasteiger partial charge < -0.3 is 39.4 Å². The molecule has 6 N–H and O–H groups in total. The summed E-state index contributed by atoms with van der Waals surface area (Å²) in [6.07, 6.45) is -2.95. The molecule has 56 heavy (non-hydrogen) atoms. The van der Waals surface area contributed by atoms with E-state index in [9.17, 15) is 39.6 Å². The number of aryl methyl sites for hydroxylation is 2. The average Bonchev–Trinajstić information content (AvgIpc) is 3.96. The number of hydrogen-bond acceptors (Lipinski definition) is 16. The number of nitrogens with one attached hydrogen (secondary N) is 2. The third-order valence-corrected chi connectivity index (χ3v) is 9.56. The lowest BCUT2D eigenvalue weighted by molar-refractivity contribution is -0.0804. The van der Waals surface area contributed by atoms with E-state index in [-0.39, 0.29) is 24.3 Å². The molecule has 0 amide bonds. The maximum absolute atomic E-state index is 12.5. The van der Waals surface area contributed by atoms with Crippen molar-refractivity contribution in [3.63, 3.8) is 0 Å². The van der Waals surface area contributed by atoms with E-state index in [2.05, 4.69) is 30.6 Å². The van der Waals surface area contributed by atoms with E-state index in [1.807, 2.05) is 24.3 Å². The Morgan fingerprint density at radius 1 is 0.661 bits per heavy atom. The first-order valence-corrected chi connectivity index (χ1v) is 17.5. The molecular formula is C34H40N10O12. The number of hydrogen-bond donors (Lipinski definition) is 6. The second kappa shape index (κ2) is 16.3. The fourth-order valence-electron chi connectivity index (χ4n) is 6.55. The first kappa shape index (κ1) is 38.8. The number of aliphatic hydroxyl groups excluding tert-OH is 4. The quantitative estimate of drug-likeness (QED) is 0.0653. The standard InChI is InChI=1S/C34H40N10O12/c1-17-7-43(33(51)35-29(17)49)31-27(25(47)23(13-45)55-31)53-15-21-11-41(39-37-21)9-19-3-5-20(6-4-19)10-42-12-22(38-40-42)16-54-28-26(48)24(14-46)56-32(28)44-8-18(2)30(50)36-34(44)52/h3-8,11-12,23-28,31-32,45-48H,9-10,13-16H2,1-2H3,(H,35,49,51)(H,36,50,52)/t23-,24-,25-,26-,27-,28-,31-,32-/m1/s1. The number of H-pyrrole nitrogens is 2. The fourth-order valence-corrected chi connectivity index (χ4v) is 6.55. The van der Waals surface area contributed by atoms with Crippen LogP contribution in [-0.2, 0) is 45.3 Å². The summed E-state index contributed by atoms with van der Waals surface area (Å²) in [5, 5.41) is 57.5. The van der Waals surface area contributed by atoms with Crippen molar-refractivity contribution in [2.24, 2.45) is 0 Å². The molecule has 0 radical (unpaired) electrons. The lowest BCUT2D eigenvalue weighted by atomic mass is 10.1. The van der Waals surface area contributed by atoms with Crippen molar-refractivity contribution in [3.8, 4) is 0 Å². The summed E-state index contributed by atoms with van der Waals surface area (Å²) in [7, 11) is 0. The molecule has 22 nitrogen and oxygen atoms in total. The van der Waals surface area contributed by atoms with Gasteiger partial charge in [-0.05, 0) is 25.0 Å². The van der Waals surface area contributed by atoms with Crippen molar-refractivity contribution in [3.05, 3.63) is 124 Å². The molecule has 0 bridgehead atoms. The zero-order valence-electron chi connectivity index (χ0n) is 30.1. The number of aliphatic hydroxyl groups is 4. The summed E-state index contributed by atoms with van der Waals surface area (Å²) in [6, 6.07) is 7.68. The van der Waals surface area contributed by atoms with E-state index >= 15 is 0 Å². The number of aromatic amines is 2. The predicted octanol–water partition coefficient (Wildman–Crippen LogP) is -3.04. The van der Waals surface area contributed by atoms with Crippen molar-refractivity contribution in [2.75, 3.05) is 13.2 Å². The van der Waals surface area contributed by atoms with Crippen LogP contribution in [0.25, 0.3) is 0 Å². The zero-order chi connectivity index (χ0) is 39.7. The Kier molecular flexibility index (Phi) is 11.3. The third-order valence-electron chi connectivity index (χ3n) is 9.56. The first-order valence-electron chi connectivity index (χ1n) is 17.5. The smallest absolute Gasteiger partial charge is 0.330 e. The van der Waals surface area contributed by atoms with Gasteiger partial charge in [-0.3, -0.25) is 28.7 Å². The number of benzene rings is 1. The van der Waals surface area contributed by atoms with Crippen LogP contribution in [0, 0.1) is 13.8 Å². The molecule has 2 aliphatic heterocycles.